The summed E-state index contributed by atoms with van der Waals surface area (Å²) in [7, 11) is 0. The summed E-state index contributed by atoms with van der Waals surface area (Å²) in [4.78, 5) is 15.1. The van der Waals surface area contributed by atoms with Gasteiger partial charge in [0, 0.05) is 21.8 Å². The molecule has 0 fully saturated rings. The molecule has 3 aromatic rings. The number of nitrogens with one attached hydrogen (secondary N) is 1. The van der Waals surface area contributed by atoms with Crippen LogP contribution in [0.25, 0.3) is 21.8 Å². The van der Waals surface area contributed by atoms with Gasteiger partial charge in [0.25, 0.3) is 0 Å². The van der Waals surface area contributed by atoms with Gasteiger partial charge >= 0.3 is 5.97 Å². The predicted octanol–water partition coefficient (Wildman–Crippen LogP) is 3.69. The van der Waals surface area contributed by atoms with Crippen LogP contribution in [0, 0.1) is 0 Å². The number of H-pyrrole nitrogens is 1. The molecule has 108 valence electrons. The average molecular weight is 283 g/mol. The number of phenolic OH excluding ortho intramolecular Hbond substituents is 1. The Kier molecular flexibility index (Phi) is 3.29. The molecule has 2 N–H and O–H groups in total. The van der Waals surface area contributed by atoms with Gasteiger partial charge in [0.05, 0.1) is 12.5 Å². The first kappa shape index (κ1) is 13.5. The van der Waals surface area contributed by atoms with Crippen molar-refractivity contribution >= 4 is 27.8 Å². The summed E-state index contributed by atoms with van der Waals surface area (Å²) in [6, 6.07) is 11.1. The maximum absolute atomic E-state index is 11.8. The number of fused-ring (bicyclic) bond motifs is 3. The third kappa shape index (κ3) is 2.33. The van der Waals surface area contributed by atoms with E-state index in [1.807, 2.05) is 31.2 Å². The molecule has 21 heavy (non-hydrogen) atoms. The molecular formula is C17H17NO3. The molecule has 0 aliphatic heterocycles. The molecule has 0 amide bonds. The van der Waals surface area contributed by atoms with Gasteiger partial charge in [-0.3, -0.25) is 4.79 Å². The van der Waals surface area contributed by atoms with Crippen molar-refractivity contribution in [3.63, 3.8) is 0 Å². The third-order valence-corrected chi connectivity index (χ3v) is 3.75. The fourth-order valence-corrected chi connectivity index (χ4v) is 2.58. The first-order chi connectivity index (χ1) is 10.1. The minimum atomic E-state index is -0.297. The molecule has 4 nitrogen and oxygen atoms in total. The van der Waals surface area contributed by atoms with Gasteiger partial charge in [-0.2, -0.15) is 0 Å². The van der Waals surface area contributed by atoms with Crippen molar-refractivity contribution in [2.75, 3.05) is 6.61 Å². The number of aromatic amines is 1. The number of hydrogen-bond donors (Lipinski definition) is 2. The Hall–Kier alpha value is -2.49. The Labute approximate surface area is 122 Å². The highest BCUT2D eigenvalue weighted by atomic mass is 16.5. The lowest BCUT2D eigenvalue weighted by molar-refractivity contribution is -0.144. The van der Waals surface area contributed by atoms with Gasteiger partial charge in [-0.15, -0.1) is 0 Å². The minimum absolute atomic E-state index is 0.217. The van der Waals surface area contributed by atoms with Crippen LogP contribution in [-0.2, 0) is 9.53 Å². The Morgan fingerprint density at radius 1 is 1.19 bits per heavy atom. The first-order valence-electron chi connectivity index (χ1n) is 7.01. The summed E-state index contributed by atoms with van der Waals surface area (Å²) in [6.07, 6.45) is 0. The summed E-state index contributed by atoms with van der Waals surface area (Å²) in [6.45, 7) is 4.03. The van der Waals surface area contributed by atoms with Gasteiger partial charge in [-0.05, 0) is 43.7 Å². The topological polar surface area (TPSA) is 62.3 Å². The van der Waals surface area contributed by atoms with Crippen LogP contribution >= 0.6 is 0 Å². The normalized spacial score (nSPS) is 12.7. The number of carbonyl (C=O) groups is 1. The van der Waals surface area contributed by atoms with Crippen molar-refractivity contribution in [1.29, 1.82) is 0 Å². The maximum Gasteiger partial charge on any atom is 0.313 e. The van der Waals surface area contributed by atoms with Crippen LogP contribution in [0.5, 0.6) is 5.75 Å². The monoisotopic (exact) mass is 283 g/mol. The Balaban J connectivity index is 2.08. The molecule has 1 unspecified atom stereocenters. The van der Waals surface area contributed by atoms with Crippen molar-refractivity contribution in [1.82, 2.24) is 4.98 Å². The fraction of sp³-hybridized carbons (Fsp3) is 0.235. The smallest absolute Gasteiger partial charge is 0.313 e. The van der Waals surface area contributed by atoms with E-state index < -0.39 is 0 Å². The fourth-order valence-electron chi connectivity index (χ4n) is 2.58. The average Bonchev–Trinajstić information content (AvgIpc) is 2.83. The van der Waals surface area contributed by atoms with E-state index in [1.165, 1.54) is 0 Å². The van der Waals surface area contributed by atoms with E-state index in [1.54, 1.807) is 19.1 Å². The second-order valence-corrected chi connectivity index (χ2v) is 5.13. The van der Waals surface area contributed by atoms with Gasteiger partial charge in [0.15, 0.2) is 0 Å². The lowest BCUT2D eigenvalue weighted by Gasteiger charge is -2.10. The second kappa shape index (κ2) is 5.13. The lowest BCUT2D eigenvalue weighted by atomic mass is 9.99. The molecule has 0 aliphatic rings. The molecule has 1 heterocycles. The number of ether oxygens (including phenoxy) is 1. The highest BCUT2D eigenvalue weighted by molar-refractivity contribution is 6.08. The highest BCUT2D eigenvalue weighted by Gasteiger charge is 2.17. The molecule has 0 aliphatic carbocycles. The molecule has 0 radical (unpaired) electrons. The highest BCUT2D eigenvalue weighted by Crippen LogP contribution is 2.30. The number of esters is 1. The molecule has 4 heteroatoms. The van der Waals surface area contributed by atoms with E-state index in [-0.39, 0.29) is 17.6 Å². The van der Waals surface area contributed by atoms with Crippen molar-refractivity contribution in [2.45, 2.75) is 19.8 Å². The Bertz CT molecular complexity index is 819. The van der Waals surface area contributed by atoms with Crippen molar-refractivity contribution < 1.29 is 14.6 Å². The van der Waals surface area contributed by atoms with Crippen LogP contribution in [-0.4, -0.2) is 22.7 Å². The van der Waals surface area contributed by atoms with Crippen LogP contribution in [0.4, 0.5) is 0 Å². The molecule has 0 saturated carbocycles. The van der Waals surface area contributed by atoms with Crippen molar-refractivity contribution in [2.24, 2.45) is 0 Å². The third-order valence-electron chi connectivity index (χ3n) is 3.75. The standard InChI is InChI=1S/C17H17NO3/c1-3-21-17(20)10(2)11-4-6-13-14-9-12(19)5-7-15(14)18-16(13)8-11/h4-10,18-19H,3H2,1-2H3. The first-order valence-corrected chi connectivity index (χ1v) is 7.01. The molecule has 0 spiro atoms. The molecule has 3 rings (SSSR count). The Morgan fingerprint density at radius 2 is 2.00 bits per heavy atom. The maximum atomic E-state index is 11.8. The van der Waals surface area contributed by atoms with E-state index in [2.05, 4.69) is 4.98 Å². The summed E-state index contributed by atoms with van der Waals surface area (Å²) < 4.78 is 5.06. The number of aromatic nitrogens is 1. The summed E-state index contributed by atoms with van der Waals surface area (Å²) in [5.41, 5.74) is 2.82. The number of hydrogen-bond acceptors (Lipinski definition) is 3. The van der Waals surface area contributed by atoms with Gasteiger partial charge in [0.2, 0.25) is 0 Å². The Morgan fingerprint density at radius 3 is 2.76 bits per heavy atom. The molecule has 1 atom stereocenters. The van der Waals surface area contributed by atoms with Gasteiger partial charge in [-0.25, -0.2) is 0 Å². The van der Waals surface area contributed by atoms with Crippen molar-refractivity contribution in [3.8, 4) is 5.75 Å². The lowest BCUT2D eigenvalue weighted by Crippen LogP contribution is -2.12. The van der Waals surface area contributed by atoms with E-state index >= 15 is 0 Å². The summed E-state index contributed by atoms with van der Waals surface area (Å²) >= 11 is 0. The second-order valence-electron chi connectivity index (χ2n) is 5.13. The van der Waals surface area contributed by atoms with Gasteiger partial charge in [0.1, 0.15) is 5.75 Å². The summed E-state index contributed by atoms with van der Waals surface area (Å²) in [5, 5.41) is 11.6. The molecule has 0 saturated heterocycles. The number of carbonyl (C=O) groups excluding carboxylic acids is 1. The van der Waals surface area contributed by atoms with E-state index in [0.29, 0.717) is 6.61 Å². The van der Waals surface area contributed by atoms with Crippen LogP contribution in [0.3, 0.4) is 0 Å². The zero-order valence-corrected chi connectivity index (χ0v) is 12.0. The molecule has 2 aromatic carbocycles. The molecule has 0 bridgehead atoms. The van der Waals surface area contributed by atoms with E-state index in [4.69, 9.17) is 4.74 Å². The quantitative estimate of drug-likeness (QED) is 0.720. The predicted molar refractivity (Wildman–Crippen MR) is 82.5 cm³/mol. The molecular weight excluding hydrogens is 266 g/mol. The van der Waals surface area contributed by atoms with Crippen LogP contribution in [0.1, 0.15) is 25.3 Å². The zero-order valence-electron chi connectivity index (χ0n) is 12.0. The van der Waals surface area contributed by atoms with Crippen LogP contribution < -0.4 is 0 Å². The SMILES string of the molecule is CCOC(=O)C(C)c1ccc2c(c1)[nH]c1ccc(O)cc12. The van der Waals surface area contributed by atoms with E-state index in [0.717, 1.165) is 27.4 Å². The van der Waals surface area contributed by atoms with Gasteiger partial charge < -0.3 is 14.8 Å². The summed E-state index contributed by atoms with van der Waals surface area (Å²) in [5.74, 6) is -0.271. The number of benzene rings is 2. The van der Waals surface area contributed by atoms with E-state index in [9.17, 15) is 9.90 Å². The number of rotatable bonds is 3. The minimum Gasteiger partial charge on any atom is -0.508 e. The van der Waals surface area contributed by atoms with Crippen LogP contribution in [0.2, 0.25) is 0 Å². The largest absolute Gasteiger partial charge is 0.508 e. The van der Waals surface area contributed by atoms with Crippen molar-refractivity contribution in [3.05, 3.63) is 42.0 Å². The zero-order chi connectivity index (χ0) is 15.0. The van der Waals surface area contributed by atoms with Gasteiger partial charge in [-0.1, -0.05) is 12.1 Å². The number of phenols is 1. The molecule has 1 aromatic heterocycles. The van der Waals surface area contributed by atoms with Crippen LogP contribution in [0.15, 0.2) is 36.4 Å². The number of aromatic hydroxyl groups is 1.